The monoisotopic (exact) mass is 472 g/mol. The van der Waals surface area contributed by atoms with Crippen LogP contribution in [0.1, 0.15) is 67.3 Å². The van der Waals surface area contributed by atoms with Crippen molar-refractivity contribution < 1.29 is 19.7 Å². The summed E-state index contributed by atoms with van der Waals surface area (Å²) in [5, 5.41) is 21.4. The van der Waals surface area contributed by atoms with Crippen LogP contribution < -0.4 is 9.47 Å². The number of benzene rings is 3. The quantitative estimate of drug-likeness (QED) is 0.340. The Hall–Kier alpha value is -3.24. The van der Waals surface area contributed by atoms with Crippen LogP contribution in [0.15, 0.2) is 66.7 Å². The number of aromatic hydroxyl groups is 1. The minimum atomic E-state index is -0.404. The van der Waals surface area contributed by atoms with Crippen LogP contribution in [0.3, 0.4) is 0 Å². The number of aryl methyl sites for hydroxylation is 1. The standard InChI is InChI=1S/C31H36O4/c1-4-5-9-22-12-14-26(29(18-22)34-21-23-10-7-6-8-11-23)25(20-32)19-24-13-15-28-27(30(24)33)16-17-31(2,3)35-28/h6-8,10-18,25,32-33H,4-5,9,19-21H2,1-3H3. The van der Waals surface area contributed by atoms with Crippen LogP contribution in [0.25, 0.3) is 6.08 Å². The van der Waals surface area contributed by atoms with Crippen LogP contribution in [0.4, 0.5) is 0 Å². The number of phenols is 1. The number of ether oxygens (including phenoxy) is 2. The van der Waals surface area contributed by atoms with Crippen LogP contribution in [0, 0.1) is 0 Å². The molecule has 1 unspecified atom stereocenters. The average Bonchev–Trinajstić information content (AvgIpc) is 2.86. The Bertz CT molecular complexity index is 1160. The van der Waals surface area contributed by atoms with Crippen molar-refractivity contribution in [2.75, 3.05) is 6.61 Å². The van der Waals surface area contributed by atoms with Crippen molar-refractivity contribution in [2.24, 2.45) is 0 Å². The van der Waals surface area contributed by atoms with Gasteiger partial charge in [-0.15, -0.1) is 0 Å². The SMILES string of the molecule is CCCCc1ccc(C(CO)Cc2ccc3c(c2O)C=CC(C)(C)O3)c(OCc2ccccc2)c1. The molecule has 3 aromatic carbocycles. The molecule has 1 aliphatic heterocycles. The molecule has 0 bridgehead atoms. The first kappa shape index (κ1) is 24.9. The molecule has 1 aliphatic rings. The first-order valence-electron chi connectivity index (χ1n) is 12.5. The van der Waals surface area contributed by atoms with E-state index >= 15 is 0 Å². The molecule has 1 heterocycles. The molecule has 35 heavy (non-hydrogen) atoms. The van der Waals surface area contributed by atoms with Gasteiger partial charge in [-0.1, -0.05) is 61.9 Å². The molecule has 0 saturated heterocycles. The molecular formula is C31H36O4. The van der Waals surface area contributed by atoms with E-state index in [2.05, 4.69) is 25.1 Å². The molecule has 0 aromatic heterocycles. The zero-order valence-corrected chi connectivity index (χ0v) is 21.0. The summed E-state index contributed by atoms with van der Waals surface area (Å²) in [7, 11) is 0. The second kappa shape index (κ2) is 11.0. The van der Waals surface area contributed by atoms with E-state index in [4.69, 9.17) is 9.47 Å². The fourth-order valence-corrected chi connectivity index (χ4v) is 4.50. The van der Waals surface area contributed by atoms with E-state index in [1.807, 2.05) is 68.5 Å². The summed E-state index contributed by atoms with van der Waals surface area (Å²) in [6.07, 6.45) is 7.61. The lowest BCUT2D eigenvalue weighted by molar-refractivity contribution is 0.158. The first-order valence-corrected chi connectivity index (χ1v) is 12.5. The van der Waals surface area contributed by atoms with Crippen molar-refractivity contribution in [3.05, 3.63) is 94.6 Å². The molecule has 1 atom stereocenters. The minimum absolute atomic E-state index is 0.0497. The van der Waals surface area contributed by atoms with E-state index in [1.165, 1.54) is 5.56 Å². The molecule has 0 spiro atoms. The van der Waals surface area contributed by atoms with E-state index < -0.39 is 5.60 Å². The van der Waals surface area contributed by atoms with Crippen LogP contribution in [0.5, 0.6) is 17.2 Å². The van der Waals surface area contributed by atoms with Gasteiger partial charge in [-0.3, -0.25) is 0 Å². The Balaban J connectivity index is 1.61. The summed E-state index contributed by atoms with van der Waals surface area (Å²) >= 11 is 0. The van der Waals surface area contributed by atoms with Crippen molar-refractivity contribution in [1.29, 1.82) is 0 Å². The zero-order valence-electron chi connectivity index (χ0n) is 21.0. The Morgan fingerprint density at radius 3 is 2.54 bits per heavy atom. The molecule has 4 rings (SSSR count). The van der Waals surface area contributed by atoms with Gasteiger partial charge in [0, 0.05) is 5.92 Å². The lowest BCUT2D eigenvalue weighted by Crippen LogP contribution is -2.27. The summed E-state index contributed by atoms with van der Waals surface area (Å²) in [4.78, 5) is 0. The number of fused-ring (bicyclic) bond motifs is 1. The van der Waals surface area contributed by atoms with Crippen molar-refractivity contribution in [1.82, 2.24) is 0 Å². The highest BCUT2D eigenvalue weighted by Crippen LogP contribution is 2.40. The second-order valence-electron chi connectivity index (χ2n) is 9.86. The zero-order chi connectivity index (χ0) is 24.8. The van der Waals surface area contributed by atoms with Gasteiger partial charge in [0.2, 0.25) is 0 Å². The van der Waals surface area contributed by atoms with Crippen LogP contribution in [0.2, 0.25) is 0 Å². The molecule has 0 radical (unpaired) electrons. The lowest BCUT2D eigenvalue weighted by atomic mass is 9.89. The second-order valence-corrected chi connectivity index (χ2v) is 9.86. The summed E-state index contributed by atoms with van der Waals surface area (Å²) in [6.45, 7) is 6.58. The number of unbranched alkanes of at least 4 members (excludes halogenated alkanes) is 1. The lowest BCUT2D eigenvalue weighted by Gasteiger charge is -2.29. The molecule has 0 amide bonds. The van der Waals surface area contributed by atoms with Gasteiger partial charge in [-0.05, 0) is 79.6 Å². The van der Waals surface area contributed by atoms with Gasteiger partial charge in [0.05, 0.1) is 12.2 Å². The Morgan fingerprint density at radius 2 is 1.80 bits per heavy atom. The highest BCUT2D eigenvalue weighted by atomic mass is 16.5. The van der Waals surface area contributed by atoms with Gasteiger partial charge in [-0.25, -0.2) is 0 Å². The van der Waals surface area contributed by atoms with Gasteiger partial charge in [0.15, 0.2) is 0 Å². The Morgan fingerprint density at radius 1 is 1.00 bits per heavy atom. The predicted octanol–water partition coefficient (Wildman–Crippen LogP) is 6.82. The van der Waals surface area contributed by atoms with E-state index in [1.54, 1.807) is 0 Å². The third-order valence-electron chi connectivity index (χ3n) is 6.55. The normalized spacial score (nSPS) is 14.7. The number of hydrogen-bond donors (Lipinski definition) is 2. The number of hydrogen-bond acceptors (Lipinski definition) is 4. The summed E-state index contributed by atoms with van der Waals surface area (Å²) in [6, 6.07) is 20.2. The fourth-order valence-electron chi connectivity index (χ4n) is 4.50. The first-order chi connectivity index (χ1) is 16.9. The maximum Gasteiger partial charge on any atom is 0.131 e. The fraction of sp³-hybridized carbons (Fsp3) is 0.355. The molecular weight excluding hydrogens is 436 g/mol. The molecule has 0 fully saturated rings. The van der Waals surface area contributed by atoms with Gasteiger partial charge >= 0.3 is 0 Å². The molecule has 4 heteroatoms. The topological polar surface area (TPSA) is 58.9 Å². The van der Waals surface area contributed by atoms with Crippen molar-refractivity contribution >= 4 is 6.08 Å². The average molecular weight is 473 g/mol. The predicted molar refractivity (Wildman–Crippen MR) is 141 cm³/mol. The minimum Gasteiger partial charge on any atom is -0.507 e. The van der Waals surface area contributed by atoms with Crippen LogP contribution in [-0.2, 0) is 19.4 Å². The Labute approximate surface area is 208 Å². The van der Waals surface area contributed by atoms with Gasteiger partial charge in [0.25, 0.3) is 0 Å². The highest BCUT2D eigenvalue weighted by Gasteiger charge is 2.26. The maximum absolute atomic E-state index is 11.0. The third kappa shape index (κ3) is 6.07. The molecule has 3 aromatic rings. The maximum atomic E-state index is 11.0. The van der Waals surface area contributed by atoms with Gasteiger partial charge < -0.3 is 19.7 Å². The third-order valence-corrected chi connectivity index (χ3v) is 6.55. The summed E-state index contributed by atoms with van der Waals surface area (Å²) < 4.78 is 12.3. The van der Waals surface area contributed by atoms with Crippen molar-refractivity contribution in [3.8, 4) is 17.2 Å². The molecule has 2 N–H and O–H groups in total. The molecule has 184 valence electrons. The van der Waals surface area contributed by atoms with Crippen molar-refractivity contribution in [3.63, 3.8) is 0 Å². The molecule has 0 saturated carbocycles. The van der Waals surface area contributed by atoms with E-state index in [0.29, 0.717) is 24.3 Å². The smallest absolute Gasteiger partial charge is 0.131 e. The number of aliphatic hydroxyl groups excluding tert-OH is 1. The van der Waals surface area contributed by atoms with E-state index in [0.717, 1.165) is 41.7 Å². The largest absolute Gasteiger partial charge is 0.507 e. The van der Waals surface area contributed by atoms with Crippen LogP contribution >= 0.6 is 0 Å². The van der Waals surface area contributed by atoms with Crippen LogP contribution in [-0.4, -0.2) is 22.4 Å². The van der Waals surface area contributed by atoms with Crippen molar-refractivity contribution in [2.45, 2.75) is 64.6 Å². The summed E-state index contributed by atoms with van der Waals surface area (Å²) in [5.41, 5.74) is 4.35. The number of phenolic OH excluding ortho intramolecular Hbond substituents is 1. The molecule has 4 nitrogen and oxygen atoms in total. The summed E-state index contributed by atoms with van der Waals surface area (Å²) in [5.74, 6) is 1.46. The number of rotatable bonds is 10. The van der Waals surface area contributed by atoms with Gasteiger partial charge in [-0.2, -0.15) is 0 Å². The van der Waals surface area contributed by atoms with Gasteiger partial charge in [0.1, 0.15) is 29.5 Å². The highest BCUT2D eigenvalue weighted by molar-refractivity contribution is 5.68. The Kier molecular flexibility index (Phi) is 7.82. The van der Waals surface area contributed by atoms with E-state index in [-0.39, 0.29) is 18.3 Å². The van der Waals surface area contributed by atoms with E-state index in [9.17, 15) is 10.2 Å². The molecule has 0 aliphatic carbocycles. The number of aliphatic hydroxyl groups is 1.